The molecule has 1 aromatic rings. The minimum atomic E-state index is 0.280. The number of benzene rings is 1. The Morgan fingerprint density at radius 1 is 1.41 bits per heavy atom. The third-order valence-corrected chi connectivity index (χ3v) is 3.08. The van der Waals surface area contributed by atoms with Crippen LogP contribution in [0.1, 0.15) is 38.7 Å². The lowest BCUT2D eigenvalue weighted by Crippen LogP contribution is -2.14. The first-order valence-corrected chi connectivity index (χ1v) is 7.09. The summed E-state index contributed by atoms with van der Waals surface area (Å²) in [7, 11) is 0. The number of hydrogen-bond acceptors (Lipinski definition) is 2. The Balaban J connectivity index is 2.62. The zero-order valence-corrected chi connectivity index (χ0v) is 12.3. The number of rotatable bonds is 7. The van der Waals surface area contributed by atoms with Gasteiger partial charge in [-0.1, -0.05) is 22.9 Å². The van der Waals surface area contributed by atoms with Crippen LogP contribution in [0.2, 0.25) is 0 Å². The summed E-state index contributed by atoms with van der Waals surface area (Å²) in [5, 5.41) is 0. The Hall–Kier alpha value is -0.540. The first-order valence-electron chi connectivity index (χ1n) is 6.30. The van der Waals surface area contributed by atoms with Gasteiger partial charge in [-0.05, 0) is 56.4 Å². The van der Waals surface area contributed by atoms with Gasteiger partial charge in [-0.3, -0.25) is 0 Å². The van der Waals surface area contributed by atoms with Crippen LogP contribution in [0.3, 0.4) is 0 Å². The second-order valence-electron chi connectivity index (χ2n) is 4.47. The molecular formula is C14H22BrNO. The van der Waals surface area contributed by atoms with E-state index in [-0.39, 0.29) is 6.04 Å². The minimum absolute atomic E-state index is 0.280. The van der Waals surface area contributed by atoms with Crippen molar-refractivity contribution in [1.82, 2.24) is 0 Å². The molecule has 0 bridgehead atoms. The van der Waals surface area contributed by atoms with E-state index in [9.17, 15) is 0 Å². The highest BCUT2D eigenvalue weighted by Crippen LogP contribution is 2.25. The molecule has 0 aliphatic carbocycles. The first kappa shape index (κ1) is 14.5. The average Bonchev–Trinajstić information content (AvgIpc) is 2.27. The molecule has 0 saturated carbocycles. The predicted octanol–water partition coefficient (Wildman–Crippen LogP) is 3.91. The SMILES string of the molecule is CCCOc1ccc(Br)cc1CCCC(C)N. The van der Waals surface area contributed by atoms with Crippen LogP contribution < -0.4 is 10.5 Å². The van der Waals surface area contributed by atoms with Crippen molar-refractivity contribution in [3.63, 3.8) is 0 Å². The molecule has 0 amide bonds. The summed E-state index contributed by atoms with van der Waals surface area (Å²) in [6.07, 6.45) is 4.23. The van der Waals surface area contributed by atoms with Crippen LogP contribution in [0, 0.1) is 0 Å². The lowest BCUT2D eigenvalue weighted by Gasteiger charge is -2.12. The molecule has 0 aliphatic heterocycles. The Kier molecular flexibility index (Phi) is 6.60. The van der Waals surface area contributed by atoms with Gasteiger partial charge in [0.25, 0.3) is 0 Å². The fourth-order valence-corrected chi connectivity index (χ4v) is 2.12. The van der Waals surface area contributed by atoms with Crippen LogP contribution in [0.25, 0.3) is 0 Å². The molecule has 1 rings (SSSR count). The molecule has 0 radical (unpaired) electrons. The fourth-order valence-electron chi connectivity index (χ4n) is 1.71. The van der Waals surface area contributed by atoms with Crippen LogP contribution in [0.5, 0.6) is 5.75 Å². The van der Waals surface area contributed by atoms with Gasteiger partial charge in [0.15, 0.2) is 0 Å². The number of hydrogen-bond donors (Lipinski definition) is 1. The largest absolute Gasteiger partial charge is 0.493 e. The summed E-state index contributed by atoms with van der Waals surface area (Å²) in [6.45, 7) is 4.95. The second kappa shape index (κ2) is 7.72. The summed E-state index contributed by atoms with van der Waals surface area (Å²) in [6, 6.07) is 6.50. The standard InChI is InChI=1S/C14H22BrNO/c1-3-9-17-14-8-7-13(15)10-12(14)6-4-5-11(2)16/h7-8,10-11H,3-6,9,16H2,1-2H3. The van der Waals surface area contributed by atoms with Gasteiger partial charge in [-0.2, -0.15) is 0 Å². The van der Waals surface area contributed by atoms with Crippen molar-refractivity contribution >= 4 is 15.9 Å². The Morgan fingerprint density at radius 3 is 2.82 bits per heavy atom. The lowest BCUT2D eigenvalue weighted by atomic mass is 10.0. The number of nitrogens with two attached hydrogens (primary N) is 1. The van der Waals surface area contributed by atoms with E-state index in [0.717, 1.165) is 42.5 Å². The zero-order chi connectivity index (χ0) is 12.7. The average molecular weight is 300 g/mol. The lowest BCUT2D eigenvalue weighted by molar-refractivity contribution is 0.313. The quantitative estimate of drug-likeness (QED) is 0.828. The van der Waals surface area contributed by atoms with E-state index in [1.165, 1.54) is 5.56 Å². The van der Waals surface area contributed by atoms with Crippen molar-refractivity contribution in [2.24, 2.45) is 5.73 Å². The molecule has 1 atom stereocenters. The summed E-state index contributed by atoms with van der Waals surface area (Å²) < 4.78 is 6.86. The maximum atomic E-state index is 5.76. The van der Waals surface area contributed by atoms with Crippen molar-refractivity contribution < 1.29 is 4.74 Å². The molecule has 0 fully saturated rings. The normalized spacial score (nSPS) is 12.5. The van der Waals surface area contributed by atoms with E-state index in [0.29, 0.717) is 0 Å². The molecule has 17 heavy (non-hydrogen) atoms. The van der Waals surface area contributed by atoms with Crippen LogP contribution in [0.15, 0.2) is 22.7 Å². The summed E-state index contributed by atoms with van der Waals surface area (Å²) in [4.78, 5) is 0. The van der Waals surface area contributed by atoms with Crippen molar-refractivity contribution in [3.05, 3.63) is 28.2 Å². The van der Waals surface area contributed by atoms with Crippen molar-refractivity contribution in [3.8, 4) is 5.75 Å². The molecule has 1 unspecified atom stereocenters. The van der Waals surface area contributed by atoms with Gasteiger partial charge < -0.3 is 10.5 Å². The summed E-state index contributed by atoms with van der Waals surface area (Å²) >= 11 is 3.51. The molecular weight excluding hydrogens is 278 g/mol. The minimum Gasteiger partial charge on any atom is -0.493 e. The highest BCUT2D eigenvalue weighted by Gasteiger charge is 2.05. The Bertz CT molecular complexity index is 339. The monoisotopic (exact) mass is 299 g/mol. The zero-order valence-electron chi connectivity index (χ0n) is 10.7. The first-order chi connectivity index (χ1) is 8.13. The molecule has 0 aliphatic rings. The van der Waals surface area contributed by atoms with Crippen LogP contribution in [0.4, 0.5) is 0 Å². The van der Waals surface area contributed by atoms with Gasteiger partial charge >= 0.3 is 0 Å². The molecule has 3 heteroatoms. The maximum absolute atomic E-state index is 5.76. The van der Waals surface area contributed by atoms with Gasteiger partial charge in [0.05, 0.1) is 6.61 Å². The van der Waals surface area contributed by atoms with Gasteiger partial charge in [0, 0.05) is 10.5 Å². The second-order valence-corrected chi connectivity index (χ2v) is 5.39. The Morgan fingerprint density at radius 2 is 2.18 bits per heavy atom. The fraction of sp³-hybridized carbons (Fsp3) is 0.571. The molecule has 1 aromatic carbocycles. The maximum Gasteiger partial charge on any atom is 0.122 e. The predicted molar refractivity (Wildman–Crippen MR) is 76.5 cm³/mol. The summed E-state index contributed by atoms with van der Waals surface area (Å²) in [5.41, 5.74) is 7.04. The third-order valence-electron chi connectivity index (χ3n) is 2.59. The smallest absolute Gasteiger partial charge is 0.122 e. The van der Waals surface area contributed by atoms with E-state index in [4.69, 9.17) is 10.5 Å². The van der Waals surface area contributed by atoms with E-state index < -0.39 is 0 Å². The van der Waals surface area contributed by atoms with Crippen molar-refractivity contribution in [1.29, 1.82) is 0 Å². The van der Waals surface area contributed by atoms with E-state index >= 15 is 0 Å². The van der Waals surface area contributed by atoms with E-state index in [2.05, 4.69) is 35.8 Å². The van der Waals surface area contributed by atoms with Gasteiger partial charge in [0.1, 0.15) is 5.75 Å². The van der Waals surface area contributed by atoms with E-state index in [1.54, 1.807) is 0 Å². The van der Waals surface area contributed by atoms with Crippen LogP contribution >= 0.6 is 15.9 Å². The van der Waals surface area contributed by atoms with Crippen LogP contribution in [-0.2, 0) is 6.42 Å². The number of ether oxygens (including phenoxy) is 1. The van der Waals surface area contributed by atoms with Gasteiger partial charge in [0.2, 0.25) is 0 Å². The number of halogens is 1. The Labute approximate surface area is 113 Å². The number of aryl methyl sites for hydroxylation is 1. The molecule has 0 aromatic heterocycles. The van der Waals surface area contributed by atoms with Crippen molar-refractivity contribution in [2.45, 2.75) is 45.6 Å². The molecule has 0 spiro atoms. The van der Waals surface area contributed by atoms with Crippen LogP contribution in [-0.4, -0.2) is 12.6 Å². The molecule has 0 saturated heterocycles. The molecule has 2 N–H and O–H groups in total. The molecule has 0 heterocycles. The highest BCUT2D eigenvalue weighted by atomic mass is 79.9. The molecule has 96 valence electrons. The van der Waals surface area contributed by atoms with Gasteiger partial charge in [-0.15, -0.1) is 0 Å². The highest BCUT2D eigenvalue weighted by molar-refractivity contribution is 9.10. The molecule has 2 nitrogen and oxygen atoms in total. The topological polar surface area (TPSA) is 35.2 Å². The van der Waals surface area contributed by atoms with Gasteiger partial charge in [-0.25, -0.2) is 0 Å². The summed E-state index contributed by atoms with van der Waals surface area (Å²) in [5.74, 6) is 1.01. The van der Waals surface area contributed by atoms with E-state index in [1.807, 2.05) is 12.1 Å². The third kappa shape index (κ3) is 5.55. The van der Waals surface area contributed by atoms with Crippen molar-refractivity contribution in [2.75, 3.05) is 6.61 Å².